The molecule has 2 aromatic heterocycles. The molecule has 0 saturated carbocycles. The molecular weight excluding hydrogens is 382 g/mol. The summed E-state index contributed by atoms with van der Waals surface area (Å²) in [5, 5.41) is 19.1. The summed E-state index contributed by atoms with van der Waals surface area (Å²) in [5.74, 6) is 1.45. The lowest BCUT2D eigenvalue weighted by Crippen LogP contribution is -2.14. The van der Waals surface area contributed by atoms with Crippen LogP contribution in [0.25, 0.3) is 11.3 Å². The van der Waals surface area contributed by atoms with Crippen LogP contribution in [-0.4, -0.2) is 34.8 Å². The number of methoxy groups -OCH3 is 1. The average molecular weight is 405 g/mol. The Bertz CT molecular complexity index is 1040. The topological polar surface area (TPSA) is 113 Å². The molecule has 8 heteroatoms. The van der Waals surface area contributed by atoms with E-state index in [0.717, 1.165) is 23.2 Å². The van der Waals surface area contributed by atoms with Crippen LogP contribution in [0.15, 0.2) is 42.7 Å². The van der Waals surface area contributed by atoms with E-state index in [1.165, 1.54) is 7.11 Å². The van der Waals surface area contributed by atoms with E-state index in [1.54, 1.807) is 30.6 Å². The summed E-state index contributed by atoms with van der Waals surface area (Å²) in [6.07, 6.45) is 4.98. The van der Waals surface area contributed by atoms with Crippen LogP contribution in [0.1, 0.15) is 30.9 Å². The number of nitriles is 1. The maximum absolute atomic E-state index is 12.4. The molecule has 3 aromatic rings. The fraction of sp³-hybridized carbons (Fsp3) is 0.273. The zero-order chi connectivity index (χ0) is 21.3. The first kappa shape index (κ1) is 20.9. The maximum Gasteiger partial charge on any atom is 0.225 e. The Morgan fingerprint density at radius 1 is 1.23 bits per heavy atom. The van der Waals surface area contributed by atoms with Gasteiger partial charge in [0.1, 0.15) is 0 Å². The predicted molar refractivity (Wildman–Crippen MR) is 112 cm³/mol. The van der Waals surface area contributed by atoms with Gasteiger partial charge in [0.25, 0.3) is 0 Å². The predicted octanol–water partition coefficient (Wildman–Crippen LogP) is 3.71. The van der Waals surface area contributed by atoms with Gasteiger partial charge in [0.05, 0.1) is 31.0 Å². The number of aromatic amines is 1. The van der Waals surface area contributed by atoms with E-state index in [-0.39, 0.29) is 5.91 Å². The zero-order valence-corrected chi connectivity index (χ0v) is 16.9. The number of benzene rings is 1. The van der Waals surface area contributed by atoms with Gasteiger partial charge in [-0.05, 0) is 37.1 Å². The van der Waals surface area contributed by atoms with Crippen LogP contribution in [0.5, 0.6) is 11.5 Å². The van der Waals surface area contributed by atoms with Gasteiger partial charge >= 0.3 is 0 Å². The van der Waals surface area contributed by atoms with Crippen LogP contribution in [0.2, 0.25) is 0 Å². The number of hydrogen-bond donors (Lipinski definition) is 2. The molecule has 0 aliphatic carbocycles. The van der Waals surface area contributed by atoms with Gasteiger partial charge in [-0.15, -0.1) is 0 Å². The van der Waals surface area contributed by atoms with Crippen LogP contribution >= 0.6 is 0 Å². The van der Waals surface area contributed by atoms with Gasteiger partial charge in [-0.1, -0.05) is 6.92 Å². The van der Waals surface area contributed by atoms with E-state index in [9.17, 15) is 4.79 Å². The van der Waals surface area contributed by atoms with Crippen molar-refractivity contribution in [3.8, 4) is 28.8 Å². The molecule has 8 nitrogen and oxygen atoms in total. The molecule has 2 heterocycles. The normalized spacial score (nSPS) is 10.3. The number of H-pyrrole nitrogens is 1. The number of pyridine rings is 1. The molecule has 0 unspecified atom stereocenters. The lowest BCUT2D eigenvalue weighted by Gasteiger charge is -2.11. The van der Waals surface area contributed by atoms with Gasteiger partial charge in [-0.3, -0.25) is 14.9 Å². The van der Waals surface area contributed by atoms with Gasteiger partial charge < -0.3 is 14.8 Å². The maximum atomic E-state index is 12.4. The molecule has 30 heavy (non-hydrogen) atoms. The highest BCUT2D eigenvalue weighted by Gasteiger charge is 2.15. The van der Waals surface area contributed by atoms with E-state index in [0.29, 0.717) is 42.3 Å². The molecule has 1 aromatic carbocycles. The number of nitrogens with zero attached hydrogens (tertiary/aromatic N) is 3. The summed E-state index contributed by atoms with van der Waals surface area (Å²) in [4.78, 5) is 16.4. The molecule has 0 aliphatic rings. The number of nitrogens with one attached hydrogen (secondary N) is 2. The highest BCUT2D eigenvalue weighted by molar-refractivity contribution is 5.91. The van der Waals surface area contributed by atoms with E-state index in [2.05, 4.69) is 26.6 Å². The first-order valence-electron chi connectivity index (χ1n) is 9.64. The van der Waals surface area contributed by atoms with Crippen LogP contribution < -0.4 is 14.8 Å². The van der Waals surface area contributed by atoms with E-state index < -0.39 is 0 Å². The first-order valence-corrected chi connectivity index (χ1v) is 9.64. The Labute approximate surface area is 174 Å². The van der Waals surface area contributed by atoms with Crippen LogP contribution in [0, 0.1) is 11.3 Å². The second-order valence-electron chi connectivity index (χ2n) is 6.49. The Balaban J connectivity index is 1.53. The van der Waals surface area contributed by atoms with Crippen molar-refractivity contribution in [3.05, 3.63) is 53.9 Å². The van der Waals surface area contributed by atoms with E-state index in [4.69, 9.17) is 14.7 Å². The van der Waals surface area contributed by atoms with Crippen molar-refractivity contribution in [1.29, 1.82) is 5.26 Å². The molecule has 0 spiro atoms. The standard InChI is InChI=1S/C22H23N5O3/c1-3-17-21(16-8-10-24-11-9-16)26-27-22(17)25-20(28)5-4-12-30-18-7-6-15(14-23)13-19(18)29-2/h6-11,13H,3-5,12H2,1-2H3,(H2,25,26,27,28). The molecular formula is C22H23N5O3. The fourth-order valence-corrected chi connectivity index (χ4v) is 3.04. The summed E-state index contributed by atoms with van der Waals surface area (Å²) < 4.78 is 10.9. The quantitative estimate of drug-likeness (QED) is 0.525. The number of carbonyl (C=O) groups excluding carboxylic acids is 1. The van der Waals surface area contributed by atoms with Gasteiger partial charge in [0, 0.05) is 36.0 Å². The zero-order valence-electron chi connectivity index (χ0n) is 16.9. The lowest BCUT2D eigenvalue weighted by atomic mass is 10.1. The van der Waals surface area contributed by atoms with Gasteiger partial charge in [0.15, 0.2) is 17.3 Å². The highest BCUT2D eigenvalue weighted by atomic mass is 16.5. The lowest BCUT2D eigenvalue weighted by molar-refractivity contribution is -0.116. The summed E-state index contributed by atoms with van der Waals surface area (Å²) in [6, 6.07) is 10.8. The molecule has 0 atom stereocenters. The minimum Gasteiger partial charge on any atom is -0.493 e. The van der Waals surface area contributed by atoms with Crippen LogP contribution in [-0.2, 0) is 11.2 Å². The van der Waals surface area contributed by atoms with E-state index >= 15 is 0 Å². The van der Waals surface area contributed by atoms with E-state index in [1.807, 2.05) is 19.1 Å². The molecule has 2 N–H and O–H groups in total. The molecule has 1 amide bonds. The molecule has 3 rings (SSSR count). The minimum atomic E-state index is -0.132. The van der Waals surface area contributed by atoms with Gasteiger partial charge in [-0.25, -0.2) is 0 Å². The third-order valence-electron chi connectivity index (χ3n) is 4.55. The SMILES string of the molecule is CCc1c(NC(=O)CCCOc2ccc(C#N)cc2OC)n[nH]c1-c1ccncc1. The molecule has 0 radical (unpaired) electrons. The van der Waals surface area contributed by atoms with Crippen LogP contribution in [0.4, 0.5) is 5.82 Å². The largest absolute Gasteiger partial charge is 0.493 e. The number of hydrogen-bond acceptors (Lipinski definition) is 6. The Kier molecular flexibility index (Phi) is 7.00. The number of aromatic nitrogens is 3. The van der Waals surface area contributed by atoms with Crippen molar-refractivity contribution in [3.63, 3.8) is 0 Å². The third-order valence-corrected chi connectivity index (χ3v) is 4.55. The molecule has 0 aliphatic heterocycles. The van der Waals surface area contributed by atoms with Crippen LogP contribution in [0.3, 0.4) is 0 Å². The number of carbonyl (C=O) groups is 1. The first-order chi connectivity index (χ1) is 14.7. The summed E-state index contributed by atoms with van der Waals surface area (Å²) in [5.41, 5.74) is 3.30. The number of anilines is 1. The second kappa shape index (κ2) is 10.1. The summed E-state index contributed by atoms with van der Waals surface area (Å²) in [7, 11) is 1.52. The van der Waals surface area contributed by atoms with Crippen molar-refractivity contribution >= 4 is 11.7 Å². The Morgan fingerprint density at radius 2 is 2.03 bits per heavy atom. The minimum absolute atomic E-state index is 0.132. The third kappa shape index (κ3) is 4.94. The van der Waals surface area contributed by atoms with Crippen molar-refractivity contribution in [1.82, 2.24) is 15.2 Å². The number of amides is 1. The second-order valence-corrected chi connectivity index (χ2v) is 6.49. The molecule has 0 saturated heterocycles. The Morgan fingerprint density at radius 3 is 2.73 bits per heavy atom. The monoisotopic (exact) mass is 405 g/mol. The summed E-state index contributed by atoms with van der Waals surface area (Å²) >= 11 is 0. The molecule has 0 fully saturated rings. The number of rotatable bonds is 9. The fourth-order valence-electron chi connectivity index (χ4n) is 3.04. The molecule has 154 valence electrons. The smallest absolute Gasteiger partial charge is 0.225 e. The molecule has 0 bridgehead atoms. The van der Waals surface area contributed by atoms with Crippen molar-refractivity contribution in [2.75, 3.05) is 19.0 Å². The van der Waals surface area contributed by atoms with Crippen molar-refractivity contribution in [2.24, 2.45) is 0 Å². The van der Waals surface area contributed by atoms with Crippen molar-refractivity contribution < 1.29 is 14.3 Å². The average Bonchev–Trinajstić information content (AvgIpc) is 3.19. The highest BCUT2D eigenvalue weighted by Crippen LogP contribution is 2.28. The van der Waals surface area contributed by atoms with Gasteiger partial charge in [-0.2, -0.15) is 10.4 Å². The summed E-state index contributed by atoms with van der Waals surface area (Å²) in [6.45, 7) is 2.36. The Hall–Kier alpha value is -3.86. The number of ether oxygens (including phenoxy) is 2. The van der Waals surface area contributed by atoms with Crippen molar-refractivity contribution in [2.45, 2.75) is 26.2 Å². The van der Waals surface area contributed by atoms with Gasteiger partial charge in [0.2, 0.25) is 5.91 Å².